The number of imidazole rings is 1. The second-order valence-electron chi connectivity index (χ2n) is 6.08. The Morgan fingerprint density at radius 2 is 2.22 bits per heavy atom. The lowest BCUT2D eigenvalue weighted by Gasteiger charge is -2.24. The molecule has 118 valence electrons. The summed E-state index contributed by atoms with van der Waals surface area (Å²) in [5.74, 6) is 0.332. The Morgan fingerprint density at radius 3 is 2.91 bits per heavy atom. The van der Waals surface area contributed by atoms with Crippen LogP contribution in [0, 0.1) is 25.2 Å². The minimum atomic E-state index is -0.926. The summed E-state index contributed by atoms with van der Waals surface area (Å²) in [5.41, 5.74) is 1.72. The third-order valence-electron chi connectivity index (χ3n) is 4.26. The van der Waals surface area contributed by atoms with Crippen LogP contribution in [0.4, 0.5) is 0 Å². The standard InChI is InChI=1S/C17H19N5O/c1-10-7-14(21-12(3)20-10)13(8-18)17(23)15-9-19-16-6-4-5-11(2)22(15)16/h7,9,11,13H,4-6H2,1-3H3/t11-,13+/m0/s1. The Hall–Kier alpha value is -2.55. The van der Waals surface area contributed by atoms with Crippen molar-refractivity contribution in [2.45, 2.75) is 52.0 Å². The molecule has 0 aliphatic carbocycles. The molecule has 2 aromatic rings. The van der Waals surface area contributed by atoms with Crippen LogP contribution in [0.3, 0.4) is 0 Å². The Labute approximate surface area is 135 Å². The van der Waals surface area contributed by atoms with Crippen molar-refractivity contribution < 1.29 is 4.79 Å². The van der Waals surface area contributed by atoms with Gasteiger partial charge in [0.2, 0.25) is 5.78 Å². The van der Waals surface area contributed by atoms with Crippen molar-refractivity contribution in [3.63, 3.8) is 0 Å². The van der Waals surface area contributed by atoms with Crippen LogP contribution in [-0.4, -0.2) is 25.3 Å². The Kier molecular flexibility index (Phi) is 3.95. The molecule has 0 amide bonds. The molecule has 3 heterocycles. The van der Waals surface area contributed by atoms with E-state index in [4.69, 9.17) is 0 Å². The third kappa shape index (κ3) is 2.74. The van der Waals surface area contributed by atoms with Gasteiger partial charge in [0.1, 0.15) is 17.3 Å². The molecule has 0 bridgehead atoms. The van der Waals surface area contributed by atoms with Crippen LogP contribution in [0.5, 0.6) is 0 Å². The van der Waals surface area contributed by atoms with Crippen LogP contribution >= 0.6 is 0 Å². The van der Waals surface area contributed by atoms with Gasteiger partial charge in [0, 0.05) is 18.2 Å². The van der Waals surface area contributed by atoms with Crippen molar-refractivity contribution in [2.24, 2.45) is 0 Å². The maximum Gasteiger partial charge on any atom is 0.204 e. The molecular formula is C17H19N5O. The summed E-state index contributed by atoms with van der Waals surface area (Å²) < 4.78 is 1.98. The van der Waals surface area contributed by atoms with Gasteiger partial charge in [0.25, 0.3) is 0 Å². The minimum absolute atomic E-state index is 0.230. The van der Waals surface area contributed by atoms with Crippen LogP contribution in [-0.2, 0) is 6.42 Å². The smallest absolute Gasteiger partial charge is 0.204 e. The molecular weight excluding hydrogens is 290 g/mol. The van der Waals surface area contributed by atoms with E-state index >= 15 is 0 Å². The van der Waals surface area contributed by atoms with Crippen LogP contribution in [0.25, 0.3) is 0 Å². The van der Waals surface area contributed by atoms with E-state index in [1.54, 1.807) is 19.2 Å². The molecule has 0 aromatic carbocycles. The summed E-state index contributed by atoms with van der Waals surface area (Å²) in [6.45, 7) is 5.68. The summed E-state index contributed by atoms with van der Waals surface area (Å²) in [4.78, 5) is 25.8. The number of Topliss-reactive ketones (excluding diaryl/α,β-unsaturated/α-hetero) is 1. The zero-order valence-electron chi connectivity index (χ0n) is 13.6. The first-order valence-corrected chi connectivity index (χ1v) is 7.83. The monoisotopic (exact) mass is 309 g/mol. The van der Waals surface area contributed by atoms with Gasteiger partial charge in [-0.15, -0.1) is 0 Å². The molecule has 0 spiro atoms. The summed E-state index contributed by atoms with van der Waals surface area (Å²) in [6, 6.07) is 4.04. The third-order valence-corrected chi connectivity index (χ3v) is 4.26. The molecule has 0 unspecified atom stereocenters. The Bertz CT molecular complexity index is 782. The fourth-order valence-corrected chi connectivity index (χ4v) is 3.24. The van der Waals surface area contributed by atoms with Gasteiger partial charge in [0.05, 0.1) is 18.0 Å². The highest BCUT2D eigenvalue weighted by molar-refractivity contribution is 6.01. The van der Waals surface area contributed by atoms with Crippen LogP contribution in [0.15, 0.2) is 12.3 Å². The van der Waals surface area contributed by atoms with Gasteiger partial charge < -0.3 is 4.57 Å². The number of ketones is 1. The molecule has 23 heavy (non-hydrogen) atoms. The van der Waals surface area contributed by atoms with Crippen molar-refractivity contribution in [1.29, 1.82) is 5.26 Å². The van der Waals surface area contributed by atoms with Crippen molar-refractivity contribution in [3.8, 4) is 6.07 Å². The molecule has 2 atom stereocenters. The molecule has 1 aliphatic rings. The van der Waals surface area contributed by atoms with E-state index in [-0.39, 0.29) is 11.8 Å². The van der Waals surface area contributed by atoms with Gasteiger partial charge in [-0.25, -0.2) is 15.0 Å². The first-order valence-electron chi connectivity index (χ1n) is 7.83. The molecule has 0 N–H and O–H groups in total. The fourth-order valence-electron chi connectivity index (χ4n) is 3.24. The molecule has 0 fully saturated rings. The average molecular weight is 309 g/mol. The van der Waals surface area contributed by atoms with Gasteiger partial charge in [-0.3, -0.25) is 4.79 Å². The van der Waals surface area contributed by atoms with Crippen molar-refractivity contribution in [2.75, 3.05) is 0 Å². The highest BCUT2D eigenvalue weighted by Gasteiger charge is 2.30. The average Bonchev–Trinajstić information content (AvgIpc) is 2.92. The second-order valence-corrected chi connectivity index (χ2v) is 6.08. The van der Waals surface area contributed by atoms with E-state index in [0.717, 1.165) is 30.8 Å². The topological polar surface area (TPSA) is 84.5 Å². The molecule has 3 rings (SSSR count). The molecule has 0 radical (unpaired) electrons. The fraction of sp³-hybridized carbons (Fsp3) is 0.471. The van der Waals surface area contributed by atoms with E-state index in [1.165, 1.54) is 0 Å². The zero-order chi connectivity index (χ0) is 16.6. The van der Waals surface area contributed by atoms with Crippen LogP contribution in [0.1, 0.15) is 65.3 Å². The lowest BCUT2D eigenvalue weighted by molar-refractivity contribution is 0.0965. The molecule has 1 aliphatic heterocycles. The quantitative estimate of drug-likeness (QED) is 0.814. The highest BCUT2D eigenvalue weighted by Crippen LogP contribution is 2.28. The summed E-state index contributed by atoms with van der Waals surface area (Å²) in [5, 5.41) is 9.54. The zero-order valence-corrected chi connectivity index (χ0v) is 13.6. The van der Waals surface area contributed by atoms with Crippen molar-refractivity contribution in [1.82, 2.24) is 19.5 Å². The van der Waals surface area contributed by atoms with Gasteiger partial charge in [-0.2, -0.15) is 5.26 Å². The SMILES string of the molecule is Cc1cc([C@@H](C#N)C(=O)c2cnc3n2[C@@H](C)CCC3)nc(C)n1. The van der Waals surface area contributed by atoms with E-state index in [9.17, 15) is 10.1 Å². The maximum atomic E-state index is 12.9. The van der Waals surface area contributed by atoms with E-state index < -0.39 is 5.92 Å². The van der Waals surface area contributed by atoms with Gasteiger partial charge in [-0.05, 0) is 39.7 Å². The number of aromatic nitrogens is 4. The van der Waals surface area contributed by atoms with E-state index in [1.807, 2.05) is 11.5 Å². The normalized spacial score (nSPS) is 18.1. The van der Waals surface area contributed by atoms with E-state index in [2.05, 4.69) is 27.9 Å². The number of hydrogen-bond acceptors (Lipinski definition) is 5. The number of fused-ring (bicyclic) bond motifs is 1. The first-order chi connectivity index (χ1) is 11.0. The maximum absolute atomic E-state index is 12.9. The first kappa shape index (κ1) is 15.3. The molecule has 0 saturated heterocycles. The summed E-state index contributed by atoms with van der Waals surface area (Å²) in [7, 11) is 0. The van der Waals surface area contributed by atoms with Gasteiger partial charge >= 0.3 is 0 Å². The molecule has 6 heteroatoms. The number of carbonyl (C=O) groups is 1. The lowest BCUT2D eigenvalue weighted by atomic mass is 9.97. The van der Waals surface area contributed by atoms with Gasteiger partial charge in [0.15, 0.2) is 5.92 Å². The van der Waals surface area contributed by atoms with Crippen molar-refractivity contribution >= 4 is 5.78 Å². The summed E-state index contributed by atoms with van der Waals surface area (Å²) in [6.07, 6.45) is 4.58. The summed E-state index contributed by atoms with van der Waals surface area (Å²) >= 11 is 0. The predicted molar refractivity (Wildman–Crippen MR) is 84.1 cm³/mol. The predicted octanol–water partition coefficient (Wildman–Crippen LogP) is 2.68. The van der Waals surface area contributed by atoms with E-state index in [0.29, 0.717) is 17.2 Å². The van der Waals surface area contributed by atoms with Crippen LogP contribution in [0.2, 0.25) is 0 Å². The Balaban J connectivity index is 2.02. The highest BCUT2D eigenvalue weighted by atomic mass is 16.1. The van der Waals surface area contributed by atoms with Crippen molar-refractivity contribution in [3.05, 3.63) is 41.0 Å². The largest absolute Gasteiger partial charge is 0.323 e. The lowest BCUT2D eigenvalue weighted by Crippen LogP contribution is -2.23. The second kappa shape index (κ2) is 5.92. The van der Waals surface area contributed by atoms with Crippen LogP contribution < -0.4 is 0 Å². The minimum Gasteiger partial charge on any atom is -0.323 e. The van der Waals surface area contributed by atoms with Gasteiger partial charge in [-0.1, -0.05) is 0 Å². The number of aryl methyl sites for hydroxylation is 3. The number of nitrogens with zero attached hydrogens (tertiary/aromatic N) is 5. The molecule has 0 saturated carbocycles. The number of hydrogen-bond donors (Lipinski definition) is 0. The number of rotatable bonds is 3. The molecule has 6 nitrogen and oxygen atoms in total. The number of carbonyl (C=O) groups excluding carboxylic acids is 1. The molecule has 2 aromatic heterocycles. The number of nitriles is 1. The Morgan fingerprint density at radius 1 is 1.43 bits per heavy atom.